The lowest BCUT2D eigenvalue weighted by Crippen LogP contribution is -2.59. The highest BCUT2D eigenvalue weighted by Gasteiger charge is 2.39. The van der Waals surface area contributed by atoms with Crippen LogP contribution in [0.1, 0.15) is 29.4 Å². The molecule has 3 aromatic rings. The van der Waals surface area contributed by atoms with Crippen molar-refractivity contribution in [2.45, 2.75) is 39.0 Å². The number of likely N-dealkylation sites (tertiary alicyclic amines) is 1. The second kappa shape index (κ2) is 9.76. The van der Waals surface area contributed by atoms with Crippen molar-refractivity contribution in [2.75, 3.05) is 13.1 Å². The van der Waals surface area contributed by atoms with Gasteiger partial charge in [0.25, 0.3) is 5.88 Å². The Balaban J connectivity index is 1.26. The number of halogens is 3. The summed E-state index contributed by atoms with van der Waals surface area (Å²) in [7, 11) is 0. The van der Waals surface area contributed by atoms with Gasteiger partial charge in [0.15, 0.2) is 5.82 Å². The smallest absolute Gasteiger partial charge is 0.341 e. The molecule has 0 bridgehead atoms. The standard InChI is InChI=1S/C24H23F3N8O3/c1-12-21(13(2)34(32-12)11-20(28)36)22-29-8-18(27)23(31-22)38-17-9-33(10-17)24(37)35-19(3-4-30-35)14-5-15(25)7-16(26)6-14/h4-8,17,19H,3,9-11H2,1-2H3,(H2,28,36)/t19-/m0/s1. The Morgan fingerprint density at radius 2 is 1.84 bits per heavy atom. The van der Waals surface area contributed by atoms with Crippen LogP contribution in [0.4, 0.5) is 18.0 Å². The summed E-state index contributed by atoms with van der Waals surface area (Å²) in [6.45, 7) is 3.55. The molecule has 38 heavy (non-hydrogen) atoms. The zero-order chi connectivity index (χ0) is 27.1. The lowest BCUT2D eigenvalue weighted by molar-refractivity contribution is -0.118. The first-order valence-electron chi connectivity index (χ1n) is 11.7. The molecule has 11 nitrogen and oxygen atoms in total. The Kier molecular flexibility index (Phi) is 6.46. The summed E-state index contributed by atoms with van der Waals surface area (Å²) in [4.78, 5) is 34.0. The van der Waals surface area contributed by atoms with Gasteiger partial charge in [-0.2, -0.15) is 19.6 Å². The Morgan fingerprint density at radius 3 is 2.53 bits per heavy atom. The molecule has 2 aliphatic rings. The maximum atomic E-state index is 14.5. The van der Waals surface area contributed by atoms with Crippen molar-refractivity contribution in [1.82, 2.24) is 29.7 Å². The van der Waals surface area contributed by atoms with E-state index in [0.717, 1.165) is 12.3 Å². The summed E-state index contributed by atoms with van der Waals surface area (Å²) in [6.07, 6.45) is 2.25. The Morgan fingerprint density at radius 1 is 1.13 bits per heavy atom. The van der Waals surface area contributed by atoms with Crippen molar-refractivity contribution < 1.29 is 27.5 Å². The molecule has 0 unspecified atom stereocenters. The van der Waals surface area contributed by atoms with Crippen molar-refractivity contribution in [3.63, 3.8) is 0 Å². The number of rotatable bonds is 6. The number of hydrogen-bond acceptors (Lipinski definition) is 7. The number of ether oxygens (including phenoxy) is 1. The molecule has 3 amide bonds. The SMILES string of the molecule is Cc1nn(CC(N)=O)c(C)c1-c1ncc(F)c(OC2CN(C(=O)N3N=CC[C@H]3c3cc(F)cc(F)c3)C2)n1. The minimum absolute atomic E-state index is 0.126. The van der Waals surface area contributed by atoms with Crippen molar-refractivity contribution >= 4 is 18.2 Å². The van der Waals surface area contributed by atoms with E-state index in [1.54, 1.807) is 13.8 Å². The summed E-state index contributed by atoms with van der Waals surface area (Å²) in [5.74, 6) is -2.96. The summed E-state index contributed by atoms with van der Waals surface area (Å²) >= 11 is 0. The van der Waals surface area contributed by atoms with Crippen LogP contribution in [0.15, 0.2) is 29.5 Å². The molecule has 1 atom stereocenters. The molecular weight excluding hydrogens is 505 g/mol. The number of primary amides is 1. The number of carbonyl (C=O) groups is 2. The van der Waals surface area contributed by atoms with Crippen LogP contribution < -0.4 is 10.5 Å². The lowest BCUT2D eigenvalue weighted by atomic mass is 10.0. The molecule has 0 aliphatic carbocycles. The molecule has 2 aliphatic heterocycles. The van der Waals surface area contributed by atoms with Gasteiger partial charge in [-0.25, -0.2) is 23.6 Å². The van der Waals surface area contributed by atoms with Crippen LogP contribution in [0, 0.1) is 31.3 Å². The van der Waals surface area contributed by atoms with Gasteiger partial charge >= 0.3 is 6.03 Å². The molecule has 0 radical (unpaired) electrons. The number of nitrogens with zero attached hydrogens (tertiary/aromatic N) is 7. The summed E-state index contributed by atoms with van der Waals surface area (Å²) < 4.78 is 49.0. The average molecular weight is 528 g/mol. The third-order valence-electron chi connectivity index (χ3n) is 6.32. The molecule has 2 N–H and O–H groups in total. The molecule has 1 aromatic carbocycles. The molecule has 5 rings (SSSR count). The predicted molar refractivity (Wildman–Crippen MR) is 127 cm³/mol. The van der Waals surface area contributed by atoms with Crippen LogP contribution >= 0.6 is 0 Å². The van der Waals surface area contributed by atoms with E-state index in [1.165, 1.54) is 32.9 Å². The third-order valence-corrected chi connectivity index (χ3v) is 6.32. The van der Waals surface area contributed by atoms with Gasteiger partial charge in [0.2, 0.25) is 11.7 Å². The van der Waals surface area contributed by atoms with Crippen LogP contribution in [-0.2, 0) is 11.3 Å². The number of nitrogens with two attached hydrogens (primary N) is 1. The number of hydrazone groups is 1. The molecule has 0 spiro atoms. The summed E-state index contributed by atoms with van der Waals surface area (Å²) in [6, 6.07) is 1.99. The van der Waals surface area contributed by atoms with Crippen LogP contribution in [0.2, 0.25) is 0 Å². The monoisotopic (exact) mass is 528 g/mol. The normalized spacial score (nSPS) is 17.1. The van der Waals surface area contributed by atoms with Crippen LogP contribution in [-0.4, -0.2) is 67.0 Å². The van der Waals surface area contributed by atoms with Gasteiger partial charge in [-0.3, -0.25) is 9.48 Å². The molecule has 14 heteroatoms. The Hall–Kier alpha value is -4.49. The van der Waals surface area contributed by atoms with Gasteiger partial charge in [0.05, 0.1) is 36.6 Å². The number of benzene rings is 1. The fourth-order valence-electron chi connectivity index (χ4n) is 4.49. The molecule has 0 saturated carbocycles. The van der Waals surface area contributed by atoms with Crippen molar-refractivity contribution in [3.8, 4) is 17.3 Å². The third kappa shape index (κ3) is 4.76. The minimum Gasteiger partial charge on any atom is -0.468 e. The molecule has 4 heterocycles. The summed E-state index contributed by atoms with van der Waals surface area (Å²) in [5.41, 5.74) is 7.19. The number of aryl methyl sites for hydroxylation is 1. The quantitative estimate of drug-likeness (QED) is 0.523. The van der Waals surface area contributed by atoms with E-state index in [9.17, 15) is 22.8 Å². The van der Waals surface area contributed by atoms with Crippen molar-refractivity contribution in [2.24, 2.45) is 10.8 Å². The maximum Gasteiger partial charge on any atom is 0.341 e. The molecule has 198 valence electrons. The van der Waals surface area contributed by atoms with Crippen molar-refractivity contribution in [3.05, 3.63) is 58.8 Å². The van der Waals surface area contributed by atoms with E-state index < -0.39 is 41.5 Å². The predicted octanol–water partition coefficient (Wildman–Crippen LogP) is 2.48. The van der Waals surface area contributed by atoms with E-state index in [2.05, 4.69) is 20.2 Å². The fraction of sp³-hybridized carbons (Fsp3) is 0.333. The van der Waals surface area contributed by atoms with Gasteiger partial charge in [0, 0.05) is 24.4 Å². The fourth-order valence-corrected chi connectivity index (χ4v) is 4.49. The Bertz CT molecular complexity index is 1430. The number of urea groups is 1. The first-order valence-corrected chi connectivity index (χ1v) is 11.7. The van der Waals surface area contributed by atoms with Gasteiger partial charge < -0.3 is 15.4 Å². The number of amides is 3. The second-order valence-corrected chi connectivity index (χ2v) is 9.04. The summed E-state index contributed by atoms with van der Waals surface area (Å²) in [5, 5.41) is 9.52. The first-order chi connectivity index (χ1) is 18.1. The van der Waals surface area contributed by atoms with Crippen LogP contribution in [0.25, 0.3) is 11.4 Å². The zero-order valence-corrected chi connectivity index (χ0v) is 20.4. The molecule has 1 fully saturated rings. The average Bonchev–Trinajstić information content (AvgIpc) is 3.41. The van der Waals surface area contributed by atoms with Gasteiger partial charge in [-0.05, 0) is 31.5 Å². The molecular formula is C24H23F3N8O3. The molecule has 2 aromatic heterocycles. The van der Waals surface area contributed by atoms with E-state index >= 15 is 0 Å². The number of hydrogen-bond donors (Lipinski definition) is 1. The van der Waals surface area contributed by atoms with E-state index in [0.29, 0.717) is 28.9 Å². The largest absolute Gasteiger partial charge is 0.468 e. The highest BCUT2D eigenvalue weighted by molar-refractivity contribution is 5.79. The van der Waals surface area contributed by atoms with Crippen molar-refractivity contribution in [1.29, 1.82) is 0 Å². The number of aromatic nitrogens is 4. The zero-order valence-electron chi connectivity index (χ0n) is 20.4. The number of carbonyl (C=O) groups excluding carboxylic acids is 2. The topological polar surface area (TPSA) is 132 Å². The Labute approximate surface area is 214 Å². The van der Waals surface area contributed by atoms with Gasteiger partial charge in [0.1, 0.15) is 24.3 Å². The van der Waals surface area contributed by atoms with E-state index in [4.69, 9.17) is 10.5 Å². The lowest BCUT2D eigenvalue weighted by Gasteiger charge is -2.40. The molecule has 1 saturated heterocycles. The van der Waals surface area contributed by atoms with E-state index in [1.807, 2.05) is 0 Å². The minimum atomic E-state index is -0.782. The highest BCUT2D eigenvalue weighted by Crippen LogP contribution is 2.32. The van der Waals surface area contributed by atoms with Crippen LogP contribution in [0.3, 0.4) is 0 Å². The van der Waals surface area contributed by atoms with Gasteiger partial charge in [-0.1, -0.05) is 0 Å². The van der Waals surface area contributed by atoms with E-state index in [-0.39, 0.29) is 31.3 Å². The highest BCUT2D eigenvalue weighted by atomic mass is 19.1. The maximum absolute atomic E-state index is 14.5. The van der Waals surface area contributed by atoms with Gasteiger partial charge in [-0.15, -0.1) is 0 Å². The first kappa shape index (κ1) is 25.2. The second-order valence-electron chi connectivity index (χ2n) is 9.04. The van der Waals surface area contributed by atoms with Crippen LogP contribution in [0.5, 0.6) is 5.88 Å².